The lowest BCUT2D eigenvalue weighted by Gasteiger charge is -2.35. The zero-order valence-electron chi connectivity index (χ0n) is 11.0. The first-order valence-electron chi connectivity index (χ1n) is 6.09. The highest BCUT2D eigenvalue weighted by atomic mass is 32.2. The lowest BCUT2D eigenvalue weighted by Crippen LogP contribution is -2.50. The molecule has 1 aliphatic rings. The third kappa shape index (κ3) is 4.91. The third-order valence-electron chi connectivity index (χ3n) is 3.24. The van der Waals surface area contributed by atoms with Gasteiger partial charge in [0.15, 0.2) is 0 Å². The summed E-state index contributed by atoms with van der Waals surface area (Å²) in [6, 6.07) is 0. The van der Waals surface area contributed by atoms with Gasteiger partial charge < -0.3 is 4.74 Å². The number of likely N-dealkylation sites (tertiary alicyclic amines) is 1. The highest BCUT2D eigenvalue weighted by Gasteiger charge is 2.30. The predicted octanol–water partition coefficient (Wildman–Crippen LogP) is 0.427. The minimum absolute atomic E-state index is 0.0274. The van der Waals surface area contributed by atoms with E-state index < -0.39 is 10.0 Å². The van der Waals surface area contributed by atoms with E-state index in [1.807, 2.05) is 0 Å². The van der Waals surface area contributed by atoms with Crippen molar-refractivity contribution in [3.8, 4) is 0 Å². The monoisotopic (exact) mass is 264 g/mol. The zero-order valence-corrected chi connectivity index (χ0v) is 11.8. The fourth-order valence-corrected chi connectivity index (χ4v) is 3.09. The number of nitrogens with one attached hydrogen (secondary N) is 1. The Bertz CT molecular complexity index is 322. The molecule has 1 N–H and O–H groups in total. The first kappa shape index (κ1) is 14.9. The molecule has 0 unspecified atom stereocenters. The molecule has 0 atom stereocenters. The van der Waals surface area contributed by atoms with Gasteiger partial charge in [0.25, 0.3) is 0 Å². The van der Waals surface area contributed by atoms with Crippen LogP contribution in [0, 0.1) is 0 Å². The van der Waals surface area contributed by atoms with Crippen molar-refractivity contribution < 1.29 is 13.2 Å². The first-order chi connectivity index (χ1) is 7.87. The van der Waals surface area contributed by atoms with E-state index in [1.165, 1.54) is 20.0 Å². The molecule has 0 amide bonds. The summed E-state index contributed by atoms with van der Waals surface area (Å²) in [4.78, 5) is 2.34. The lowest BCUT2D eigenvalue weighted by molar-refractivity contribution is 0.158. The highest BCUT2D eigenvalue weighted by Crippen LogP contribution is 2.20. The molecule has 6 heteroatoms. The van der Waals surface area contributed by atoms with E-state index in [2.05, 4.69) is 23.5 Å². The Morgan fingerprint density at radius 1 is 1.29 bits per heavy atom. The summed E-state index contributed by atoms with van der Waals surface area (Å²) >= 11 is 0. The Hall–Kier alpha value is -0.170. The van der Waals surface area contributed by atoms with E-state index in [1.54, 1.807) is 0 Å². The maximum Gasteiger partial charge on any atom is 0.213 e. The second kappa shape index (κ2) is 6.13. The minimum Gasteiger partial charge on any atom is -0.384 e. The molecule has 102 valence electrons. The molecule has 0 saturated carbocycles. The number of sulfonamides is 1. The average Bonchev–Trinajstić information content (AvgIpc) is 2.78. The number of hydrogen-bond donors (Lipinski definition) is 1. The zero-order chi connectivity index (χ0) is 12.9. The fraction of sp³-hybridized carbons (Fsp3) is 1.00. The van der Waals surface area contributed by atoms with Crippen LogP contribution in [0.25, 0.3) is 0 Å². The quantitative estimate of drug-likeness (QED) is 0.724. The van der Waals surface area contributed by atoms with Gasteiger partial charge in [0.1, 0.15) is 0 Å². The van der Waals surface area contributed by atoms with Crippen molar-refractivity contribution in [2.75, 3.05) is 39.1 Å². The topological polar surface area (TPSA) is 58.6 Å². The van der Waals surface area contributed by atoms with Crippen molar-refractivity contribution in [2.45, 2.75) is 32.2 Å². The highest BCUT2D eigenvalue weighted by molar-refractivity contribution is 7.89. The molecule has 17 heavy (non-hydrogen) atoms. The van der Waals surface area contributed by atoms with Gasteiger partial charge in [0.2, 0.25) is 10.0 Å². The molecule has 0 bridgehead atoms. The summed E-state index contributed by atoms with van der Waals surface area (Å²) in [5.41, 5.74) is -0.114. The second-order valence-corrected chi connectivity index (χ2v) is 7.07. The summed E-state index contributed by atoms with van der Waals surface area (Å²) in [7, 11) is -1.70. The van der Waals surface area contributed by atoms with Crippen molar-refractivity contribution in [1.82, 2.24) is 9.62 Å². The molecule has 1 rings (SSSR count). The van der Waals surface area contributed by atoms with E-state index in [0.717, 1.165) is 13.1 Å². The van der Waals surface area contributed by atoms with Crippen molar-refractivity contribution >= 4 is 10.0 Å². The SMILES string of the molecule is COCCS(=O)(=O)NCC(C)(C)N1CCCC1. The van der Waals surface area contributed by atoms with E-state index in [0.29, 0.717) is 6.54 Å². The Balaban J connectivity index is 2.42. The van der Waals surface area contributed by atoms with E-state index in [9.17, 15) is 8.42 Å². The van der Waals surface area contributed by atoms with E-state index in [4.69, 9.17) is 4.74 Å². The largest absolute Gasteiger partial charge is 0.384 e. The summed E-state index contributed by atoms with van der Waals surface area (Å²) in [6.45, 7) is 6.98. The Labute approximate surface area is 105 Å². The Kier molecular flexibility index (Phi) is 5.37. The van der Waals surface area contributed by atoms with E-state index >= 15 is 0 Å². The van der Waals surface area contributed by atoms with Gasteiger partial charge in [-0.1, -0.05) is 0 Å². The Morgan fingerprint density at radius 2 is 1.88 bits per heavy atom. The minimum atomic E-state index is -3.21. The van der Waals surface area contributed by atoms with Crippen molar-refractivity contribution in [1.29, 1.82) is 0 Å². The van der Waals surface area contributed by atoms with Gasteiger partial charge in [-0.3, -0.25) is 4.90 Å². The van der Waals surface area contributed by atoms with Gasteiger partial charge >= 0.3 is 0 Å². The lowest BCUT2D eigenvalue weighted by atomic mass is 10.0. The van der Waals surface area contributed by atoms with Crippen LogP contribution in [0.5, 0.6) is 0 Å². The molecule has 0 aromatic heterocycles. The third-order valence-corrected chi connectivity index (χ3v) is 4.53. The van der Waals surface area contributed by atoms with Crippen LogP contribution in [-0.4, -0.2) is 58.0 Å². The maximum atomic E-state index is 11.6. The number of rotatable bonds is 7. The number of nitrogens with zero attached hydrogens (tertiary/aromatic N) is 1. The molecular weight excluding hydrogens is 240 g/mol. The average molecular weight is 264 g/mol. The molecule has 1 heterocycles. The fourth-order valence-electron chi connectivity index (χ4n) is 1.99. The molecule has 1 saturated heterocycles. The van der Waals surface area contributed by atoms with E-state index in [-0.39, 0.29) is 17.9 Å². The Morgan fingerprint density at radius 3 is 2.41 bits per heavy atom. The van der Waals surface area contributed by atoms with Crippen molar-refractivity contribution in [3.63, 3.8) is 0 Å². The second-order valence-electron chi connectivity index (χ2n) is 5.14. The maximum absolute atomic E-state index is 11.6. The summed E-state index contributed by atoms with van der Waals surface area (Å²) in [5, 5.41) is 0. The molecule has 0 aromatic rings. The molecule has 0 aromatic carbocycles. The van der Waals surface area contributed by atoms with Crippen LogP contribution in [0.2, 0.25) is 0 Å². The van der Waals surface area contributed by atoms with Crippen LogP contribution < -0.4 is 4.72 Å². The van der Waals surface area contributed by atoms with Crippen LogP contribution >= 0.6 is 0 Å². The normalized spacial score (nSPS) is 18.8. The van der Waals surface area contributed by atoms with Crippen molar-refractivity contribution in [2.24, 2.45) is 0 Å². The number of methoxy groups -OCH3 is 1. The summed E-state index contributed by atoms with van der Waals surface area (Å²) in [5.74, 6) is 0.0274. The van der Waals surface area contributed by atoms with Crippen LogP contribution in [0.1, 0.15) is 26.7 Å². The van der Waals surface area contributed by atoms with Crippen molar-refractivity contribution in [3.05, 3.63) is 0 Å². The number of hydrogen-bond acceptors (Lipinski definition) is 4. The van der Waals surface area contributed by atoms with Crippen LogP contribution in [0.4, 0.5) is 0 Å². The van der Waals surface area contributed by atoms with Gasteiger partial charge in [0, 0.05) is 19.2 Å². The molecular formula is C11H24N2O3S. The standard InChI is InChI=1S/C11H24N2O3S/c1-11(2,13-6-4-5-7-13)10-12-17(14,15)9-8-16-3/h12H,4-10H2,1-3H3. The van der Waals surface area contributed by atoms with Gasteiger partial charge in [0.05, 0.1) is 12.4 Å². The predicted molar refractivity (Wildman–Crippen MR) is 68.6 cm³/mol. The molecule has 0 spiro atoms. The molecule has 5 nitrogen and oxygen atoms in total. The van der Waals surface area contributed by atoms with Crippen LogP contribution in [-0.2, 0) is 14.8 Å². The molecule has 0 radical (unpaired) electrons. The number of ether oxygens (including phenoxy) is 1. The molecule has 0 aliphatic carbocycles. The molecule has 1 fully saturated rings. The first-order valence-corrected chi connectivity index (χ1v) is 7.74. The van der Waals surface area contributed by atoms with Gasteiger partial charge in [-0.2, -0.15) is 0 Å². The summed E-state index contributed by atoms with van der Waals surface area (Å²) in [6.07, 6.45) is 2.42. The van der Waals surface area contributed by atoms with Gasteiger partial charge in [-0.15, -0.1) is 0 Å². The van der Waals surface area contributed by atoms with Crippen LogP contribution in [0.15, 0.2) is 0 Å². The van der Waals surface area contributed by atoms with Gasteiger partial charge in [-0.25, -0.2) is 13.1 Å². The smallest absolute Gasteiger partial charge is 0.213 e. The van der Waals surface area contributed by atoms with Crippen LogP contribution in [0.3, 0.4) is 0 Å². The molecule has 1 aliphatic heterocycles. The van der Waals surface area contributed by atoms with Gasteiger partial charge in [-0.05, 0) is 39.8 Å². The summed E-state index contributed by atoms with van der Waals surface area (Å²) < 4.78 is 30.7.